The molecule has 11 heteroatoms. The van der Waals surface area contributed by atoms with Crippen molar-refractivity contribution in [3.8, 4) is 5.75 Å². The summed E-state index contributed by atoms with van der Waals surface area (Å²) in [5.74, 6) is 0.355. The van der Waals surface area contributed by atoms with Gasteiger partial charge in [0, 0.05) is 25.3 Å². The molecule has 0 spiro atoms. The van der Waals surface area contributed by atoms with Crippen molar-refractivity contribution < 1.29 is 14.3 Å². The smallest absolute Gasteiger partial charge is 0.273 e. The average Bonchev–Trinajstić information content (AvgIpc) is 3.31. The van der Waals surface area contributed by atoms with Gasteiger partial charge in [0.1, 0.15) is 23.3 Å². The Kier molecular flexibility index (Phi) is 7.96. The molecule has 10 nitrogen and oxygen atoms in total. The summed E-state index contributed by atoms with van der Waals surface area (Å²) in [6.45, 7) is 6.34. The Morgan fingerprint density at radius 2 is 2.03 bits per heavy atom. The summed E-state index contributed by atoms with van der Waals surface area (Å²) in [5.41, 5.74) is 0.661. The maximum absolute atomic E-state index is 13.0. The number of piperidine rings is 1. The van der Waals surface area contributed by atoms with E-state index in [2.05, 4.69) is 25.5 Å². The van der Waals surface area contributed by atoms with Crippen LogP contribution in [0.1, 0.15) is 33.1 Å². The van der Waals surface area contributed by atoms with Gasteiger partial charge >= 0.3 is 0 Å². The van der Waals surface area contributed by atoms with Gasteiger partial charge in [-0.15, -0.1) is 0 Å². The number of amides is 2. The molecule has 3 aromatic rings. The lowest BCUT2D eigenvalue weighted by atomic mass is 9.97. The zero-order chi connectivity index (χ0) is 24.8. The van der Waals surface area contributed by atoms with Crippen molar-refractivity contribution in [3.63, 3.8) is 0 Å². The van der Waals surface area contributed by atoms with Crippen LogP contribution in [0, 0.1) is 5.92 Å². The molecular formula is C24H30N6O4S. The maximum Gasteiger partial charge on any atom is 0.273 e. The quantitative estimate of drug-likeness (QED) is 0.466. The van der Waals surface area contributed by atoms with Gasteiger partial charge in [0.25, 0.3) is 5.56 Å². The Morgan fingerprint density at radius 1 is 1.23 bits per heavy atom. The molecule has 186 valence electrons. The predicted molar refractivity (Wildman–Crippen MR) is 136 cm³/mol. The van der Waals surface area contributed by atoms with Gasteiger partial charge in [-0.2, -0.15) is 4.98 Å². The topological polar surface area (TPSA) is 118 Å². The number of nitrogens with one attached hydrogen (secondary N) is 2. The van der Waals surface area contributed by atoms with Crippen molar-refractivity contribution in [2.75, 3.05) is 36.5 Å². The molecule has 0 radical (unpaired) electrons. The first-order valence-corrected chi connectivity index (χ1v) is 12.7. The lowest BCUT2D eigenvalue weighted by Crippen LogP contribution is -2.43. The summed E-state index contributed by atoms with van der Waals surface area (Å²) in [4.78, 5) is 48.9. The van der Waals surface area contributed by atoms with Crippen LogP contribution in [-0.2, 0) is 16.1 Å². The Morgan fingerprint density at radius 3 is 2.77 bits per heavy atom. The normalized spacial score (nSPS) is 15.7. The van der Waals surface area contributed by atoms with Gasteiger partial charge in [-0.05, 0) is 50.5 Å². The molecule has 4 rings (SSSR count). The molecule has 1 saturated heterocycles. The highest BCUT2D eigenvalue weighted by atomic mass is 32.1. The molecule has 2 amide bonds. The molecule has 0 saturated carbocycles. The fraction of sp³-hybridized carbons (Fsp3) is 0.458. The monoisotopic (exact) mass is 498 g/mol. The molecule has 0 unspecified atom stereocenters. The van der Waals surface area contributed by atoms with Gasteiger partial charge in [-0.3, -0.25) is 19.0 Å². The van der Waals surface area contributed by atoms with Crippen LogP contribution in [0.4, 0.5) is 10.8 Å². The first kappa shape index (κ1) is 24.6. The Balaban J connectivity index is 1.44. The van der Waals surface area contributed by atoms with Crippen LogP contribution in [0.2, 0.25) is 0 Å². The molecular weight excluding hydrogens is 468 g/mol. The number of benzene rings is 1. The summed E-state index contributed by atoms with van der Waals surface area (Å²) >= 11 is 1.26. The van der Waals surface area contributed by atoms with Crippen LogP contribution in [0.3, 0.4) is 0 Å². The Hall–Kier alpha value is -3.47. The van der Waals surface area contributed by atoms with E-state index in [-0.39, 0.29) is 29.8 Å². The minimum atomic E-state index is -0.334. The minimum absolute atomic E-state index is 0.0664. The third kappa shape index (κ3) is 5.97. The molecule has 35 heavy (non-hydrogen) atoms. The molecule has 1 aliphatic heterocycles. The number of hydrogen-bond acceptors (Lipinski definition) is 8. The van der Waals surface area contributed by atoms with Crippen molar-refractivity contribution in [1.82, 2.24) is 19.9 Å². The van der Waals surface area contributed by atoms with Gasteiger partial charge < -0.3 is 20.3 Å². The number of ether oxygens (including phenoxy) is 1. The lowest BCUT2D eigenvalue weighted by molar-refractivity contribution is -0.125. The van der Waals surface area contributed by atoms with E-state index in [0.717, 1.165) is 31.6 Å². The van der Waals surface area contributed by atoms with Crippen LogP contribution in [0.25, 0.3) is 10.3 Å². The SMILES string of the molecule is CCCNC(=O)[C@H]1CCCN(c2nc3ncn(CC(=O)Nc4ccc(OCC)cc4)c(=O)c3s2)C1. The van der Waals surface area contributed by atoms with Gasteiger partial charge in [-0.25, -0.2) is 4.98 Å². The lowest BCUT2D eigenvalue weighted by Gasteiger charge is -2.31. The summed E-state index contributed by atoms with van der Waals surface area (Å²) in [6.07, 6.45) is 3.97. The summed E-state index contributed by atoms with van der Waals surface area (Å²) in [7, 11) is 0. The molecule has 2 aromatic heterocycles. The molecule has 0 aliphatic carbocycles. The molecule has 1 atom stereocenters. The van der Waals surface area contributed by atoms with E-state index in [4.69, 9.17) is 4.74 Å². The predicted octanol–water partition coefficient (Wildman–Crippen LogP) is 2.63. The third-order valence-corrected chi connectivity index (χ3v) is 6.84. The minimum Gasteiger partial charge on any atom is -0.494 e. The number of nitrogens with zero attached hydrogens (tertiary/aromatic N) is 4. The Labute approximate surface area is 207 Å². The number of carbonyl (C=O) groups excluding carboxylic acids is 2. The van der Waals surface area contributed by atoms with Crippen molar-refractivity contribution in [3.05, 3.63) is 40.9 Å². The second-order valence-corrected chi connectivity index (χ2v) is 9.39. The fourth-order valence-electron chi connectivity index (χ4n) is 4.00. The van der Waals surface area contributed by atoms with E-state index in [0.29, 0.717) is 40.9 Å². The number of fused-ring (bicyclic) bond motifs is 1. The van der Waals surface area contributed by atoms with Gasteiger partial charge in [0.05, 0.1) is 12.5 Å². The first-order valence-electron chi connectivity index (χ1n) is 11.9. The second kappa shape index (κ2) is 11.3. The molecule has 2 N–H and O–H groups in total. The van der Waals surface area contributed by atoms with E-state index in [1.165, 1.54) is 22.2 Å². The van der Waals surface area contributed by atoms with E-state index in [1.54, 1.807) is 24.3 Å². The van der Waals surface area contributed by atoms with Crippen molar-refractivity contribution in [2.24, 2.45) is 5.92 Å². The summed E-state index contributed by atoms with van der Waals surface area (Å²) in [6, 6.07) is 7.04. The number of anilines is 2. The van der Waals surface area contributed by atoms with Crippen LogP contribution in [0.5, 0.6) is 5.75 Å². The van der Waals surface area contributed by atoms with Crippen LogP contribution >= 0.6 is 11.3 Å². The van der Waals surface area contributed by atoms with Gasteiger partial charge in [0.2, 0.25) is 11.8 Å². The van der Waals surface area contributed by atoms with Crippen LogP contribution in [-0.4, -0.2) is 52.6 Å². The fourth-order valence-corrected chi connectivity index (χ4v) is 5.00. The molecule has 1 fully saturated rings. The molecule has 1 aromatic carbocycles. The molecule has 0 bridgehead atoms. The van der Waals surface area contributed by atoms with Crippen LogP contribution < -0.4 is 25.8 Å². The highest BCUT2D eigenvalue weighted by molar-refractivity contribution is 7.22. The highest BCUT2D eigenvalue weighted by Gasteiger charge is 2.27. The number of thiazole rings is 1. The molecule has 1 aliphatic rings. The number of hydrogen-bond donors (Lipinski definition) is 2. The van der Waals surface area contributed by atoms with Crippen molar-refractivity contribution in [2.45, 2.75) is 39.7 Å². The number of rotatable bonds is 9. The zero-order valence-corrected chi connectivity index (χ0v) is 20.8. The third-order valence-electron chi connectivity index (χ3n) is 5.75. The largest absolute Gasteiger partial charge is 0.494 e. The Bertz CT molecular complexity index is 1240. The summed E-state index contributed by atoms with van der Waals surface area (Å²) in [5, 5.41) is 6.43. The van der Waals surface area contributed by atoms with Gasteiger partial charge in [-0.1, -0.05) is 18.3 Å². The number of aromatic nitrogens is 3. The first-order chi connectivity index (χ1) is 17.0. The van der Waals surface area contributed by atoms with E-state index < -0.39 is 0 Å². The average molecular weight is 499 g/mol. The zero-order valence-electron chi connectivity index (χ0n) is 20.0. The number of carbonyl (C=O) groups is 2. The second-order valence-electron chi connectivity index (χ2n) is 8.41. The standard InChI is InChI=1S/C24H30N6O4S/c1-3-11-25-22(32)16-6-5-12-29(13-16)24-28-21-20(35-24)23(33)30(15-26-21)14-19(31)27-17-7-9-18(10-8-17)34-4-2/h7-10,15-16H,3-6,11-14H2,1-2H3,(H,25,32)(H,27,31)/t16-/m0/s1. The van der Waals surface area contributed by atoms with E-state index in [9.17, 15) is 14.4 Å². The van der Waals surface area contributed by atoms with E-state index >= 15 is 0 Å². The summed E-state index contributed by atoms with van der Waals surface area (Å²) < 4.78 is 7.08. The van der Waals surface area contributed by atoms with Crippen molar-refractivity contribution >= 4 is 44.3 Å². The highest BCUT2D eigenvalue weighted by Crippen LogP contribution is 2.29. The van der Waals surface area contributed by atoms with Crippen LogP contribution in [0.15, 0.2) is 35.4 Å². The van der Waals surface area contributed by atoms with Gasteiger partial charge in [0.15, 0.2) is 10.8 Å². The van der Waals surface area contributed by atoms with E-state index in [1.807, 2.05) is 13.8 Å². The molecule has 3 heterocycles. The maximum atomic E-state index is 13.0. The van der Waals surface area contributed by atoms with Crippen molar-refractivity contribution in [1.29, 1.82) is 0 Å².